The molecule has 26 heavy (non-hydrogen) atoms. The average Bonchev–Trinajstić information content (AvgIpc) is 2.82. The van der Waals surface area contributed by atoms with Gasteiger partial charge in [-0.2, -0.15) is 13.2 Å². The van der Waals surface area contributed by atoms with Crippen molar-refractivity contribution in [3.63, 3.8) is 0 Å². The molecule has 3 aromatic rings. The van der Waals surface area contributed by atoms with Gasteiger partial charge in [0.05, 0.1) is 17.1 Å². The largest absolute Gasteiger partial charge is 0.507 e. The van der Waals surface area contributed by atoms with Gasteiger partial charge in [-0.3, -0.25) is 4.99 Å². The van der Waals surface area contributed by atoms with Crippen molar-refractivity contribution in [2.75, 3.05) is 0 Å². The molecule has 4 rings (SSSR count). The molecule has 0 saturated heterocycles. The van der Waals surface area contributed by atoms with Crippen LogP contribution in [-0.2, 0) is 0 Å². The molecule has 3 nitrogen and oxygen atoms in total. The molecule has 0 aliphatic carbocycles. The summed E-state index contributed by atoms with van der Waals surface area (Å²) in [5.41, 5.74) is -0.0233. The first-order valence-corrected chi connectivity index (χ1v) is 7.96. The van der Waals surface area contributed by atoms with Crippen LogP contribution in [0, 0.1) is 0 Å². The van der Waals surface area contributed by atoms with Crippen molar-refractivity contribution in [2.24, 2.45) is 9.98 Å². The number of benzene rings is 3. The fraction of sp³-hybridized carbons (Fsp3) is 0.100. The van der Waals surface area contributed by atoms with E-state index in [-0.39, 0.29) is 22.7 Å². The summed E-state index contributed by atoms with van der Waals surface area (Å²) < 4.78 is 40.2. The lowest BCUT2D eigenvalue weighted by molar-refractivity contribution is -0.0596. The van der Waals surface area contributed by atoms with Gasteiger partial charge < -0.3 is 5.11 Å². The van der Waals surface area contributed by atoms with Crippen LogP contribution in [0.4, 0.5) is 24.5 Å². The Morgan fingerprint density at radius 2 is 1.46 bits per heavy atom. The van der Waals surface area contributed by atoms with Crippen LogP contribution in [0.2, 0.25) is 0 Å². The van der Waals surface area contributed by atoms with Crippen LogP contribution in [0.15, 0.2) is 70.6 Å². The topological polar surface area (TPSA) is 45.0 Å². The molecule has 0 atom stereocenters. The Bertz CT molecular complexity index is 1070. The van der Waals surface area contributed by atoms with Crippen LogP contribution in [0.5, 0.6) is 5.75 Å². The lowest BCUT2D eigenvalue weighted by Crippen LogP contribution is -2.25. The van der Waals surface area contributed by atoms with Crippen molar-refractivity contribution in [3.05, 3.63) is 66.2 Å². The molecule has 0 unspecified atom stereocenters. The second kappa shape index (κ2) is 5.98. The molecule has 0 saturated carbocycles. The molecule has 6 heteroatoms. The summed E-state index contributed by atoms with van der Waals surface area (Å²) in [4.78, 5) is 8.16. The lowest BCUT2D eigenvalue weighted by Gasteiger charge is -2.13. The van der Waals surface area contributed by atoms with Gasteiger partial charge in [-0.25, -0.2) is 4.99 Å². The molecule has 0 spiro atoms. The summed E-state index contributed by atoms with van der Waals surface area (Å²) in [7, 11) is 0. The molecule has 1 heterocycles. The van der Waals surface area contributed by atoms with Crippen molar-refractivity contribution < 1.29 is 18.3 Å². The second-order valence-electron chi connectivity index (χ2n) is 5.96. The van der Waals surface area contributed by atoms with E-state index in [2.05, 4.69) is 9.98 Å². The first kappa shape index (κ1) is 16.3. The maximum absolute atomic E-state index is 13.4. The maximum Gasteiger partial charge on any atom is 0.429 e. The molecular formula is C20H13F3N2O. The maximum atomic E-state index is 13.4. The monoisotopic (exact) mass is 354 g/mol. The summed E-state index contributed by atoms with van der Waals surface area (Å²) in [5.74, 6) is -0.0808. The summed E-state index contributed by atoms with van der Waals surface area (Å²) >= 11 is 0. The normalized spacial score (nSPS) is 14.4. The number of alkyl halides is 3. The minimum atomic E-state index is -4.58. The van der Waals surface area contributed by atoms with Crippen molar-refractivity contribution in [1.82, 2.24) is 0 Å². The van der Waals surface area contributed by atoms with Crippen molar-refractivity contribution >= 4 is 33.6 Å². The number of halogens is 3. The molecule has 1 aliphatic rings. The van der Waals surface area contributed by atoms with Crippen LogP contribution >= 0.6 is 0 Å². The molecule has 0 fully saturated rings. The molecule has 0 amide bonds. The first-order valence-electron chi connectivity index (χ1n) is 7.96. The van der Waals surface area contributed by atoms with Crippen LogP contribution in [-0.4, -0.2) is 22.7 Å². The van der Waals surface area contributed by atoms with E-state index in [0.29, 0.717) is 11.1 Å². The summed E-state index contributed by atoms with van der Waals surface area (Å²) in [5, 5.41) is 12.0. The van der Waals surface area contributed by atoms with Crippen LogP contribution in [0.25, 0.3) is 10.8 Å². The Hall–Kier alpha value is -3.15. The number of aliphatic imine (C=N–C) groups is 2. The zero-order chi connectivity index (χ0) is 18.3. The van der Waals surface area contributed by atoms with Gasteiger partial charge in [-0.15, -0.1) is 0 Å². The molecule has 130 valence electrons. The SMILES string of the molecule is Oc1c(C2=Nc3ccccc3N=C(C(F)(F)F)C2)ccc2ccccc12. The Morgan fingerprint density at radius 3 is 2.19 bits per heavy atom. The second-order valence-corrected chi connectivity index (χ2v) is 5.96. The number of phenols is 1. The minimum Gasteiger partial charge on any atom is -0.507 e. The first-order chi connectivity index (χ1) is 12.4. The van der Waals surface area contributed by atoms with Gasteiger partial charge in [0, 0.05) is 17.4 Å². The smallest absolute Gasteiger partial charge is 0.429 e. The molecule has 0 aromatic heterocycles. The van der Waals surface area contributed by atoms with E-state index in [0.717, 1.165) is 5.39 Å². The molecule has 1 aliphatic heterocycles. The third-order valence-electron chi connectivity index (χ3n) is 4.27. The van der Waals surface area contributed by atoms with Crippen molar-refractivity contribution in [3.8, 4) is 5.75 Å². The van der Waals surface area contributed by atoms with Crippen LogP contribution < -0.4 is 0 Å². The highest BCUT2D eigenvalue weighted by Gasteiger charge is 2.38. The summed E-state index contributed by atoms with van der Waals surface area (Å²) in [6.45, 7) is 0. The number of hydrogen-bond donors (Lipinski definition) is 1. The number of phenolic OH excluding ortho intramolecular Hbond substituents is 1. The predicted octanol–water partition coefficient (Wildman–Crippen LogP) is 5.70. The average molecular weight is 354 g/mol. The van der Waals surface area contributed by atoms with Gasteiger partial charge >= 0.3 is 6.18 Å². The van der Waals surface area contributed by atoms with E-state index in [1.54, 1.807) is 42.5 Å². The van der Waals surface area contributed by atoms with E-state index in [9.17, 15) is 18.3 Å². The van der Waals surface area contributed by atoms with Crippen molar-refractivity contribution in [2.45, 2.75) is 12.6 Å². The van der Waals surface area contributed by atoms with E-state index in [1.807, 2.05) is 12.1 Å². The Balaban J connectivity index is 1.93. The highest BCUT2D eigenvalue weighted by molar-refractivity contribution is 6.19. The highest BCUT2D eigenvalue weighted by Crippen LogP contribution is 2.37. The zero-order valence-electron chi connectivity index (χ0n) is 13.5. The third-order valence-corrected chi connectivity index (χ3v) is 4.27. The molecular weight excluding hydrogens is 341 g/mol. The number of aromatic hydroxyl groups is 1. The van der Waals surface area contributed by atoms with Gasteiger partial charge in [0.1, 0.15) is 11.5 Å². The Kier molecular flexibility index (Phi) is 3.76. The summed E-state index contributed by atoms with van der Waals surface area (Å²) in [6, 6.07) is 16.9. The Labute approximate surface area is 147 Å². The number of hydrogen-bond acceptors (Lipinski definition) is 3. The van der Waals surface area contributed by atoms with E-state index >= 15 is 0 Å². The predicted molar refractivity (Wildman–Crippen MR) is 96.0 cm³/mol. The lowest BCUT2D eigenvalue weighted by atomic mass is 9.99. The van der Waals surface area contributed by atoms with Gasteiger partial charge in [-0.1, -0.05) is 42.5 Å². The fourth-order valence-electron chi connectivity index (χ4n) is 2.99. The number of nitrogens with zero attached hydrogens (tertiary/aromatic N) is 2. The Morgan fingerprint density at radius 1 is 0.808 bits per heavy atom. The minimum absolute atomic E-state index is 0.0808. The summed E-state index contributed by atoms with van der Waals surface area (Å²) in [6.07, 6.45) is -5.09. The molecule has 1 N–H and O–H groups in total. The van der Waals surface area contributed by atoms with Gasteiger partial charge in [0.25, 0.3) is 0 Å². The molecule has 3 aromatic carbocycles. The third kappa shape index (κ3) is 2.83. The highest BCUT2D eigenvalue weighted by atomic mass is 19.4. The number of para-hydroxylation sites is 2. The van der Waals surface area contributed by atoms with Crippen molar-refractivity contribution in [1.29, 1.82) is 0 Å². The number of fused-ring (bicyclic) bond motifs is 2. The van der Waals surface area contributed by atoms with Crippen LogP contribution in [0.1, 0.15) is 12.0 Å². The van der Waals surface area contributed by atoms with Gasteiger partial charge in [-0.05, 0) is 23.6 Å². The quantitative estimate of drug-likeness (QED) is 0.598. The fourth-order valence-corrected chi connectivity index (χ4v) is 2.99. The van der Waals surface area contributed by atoms with E-state index in [1.165, 1.54) is 6.07 Å². The number of rotatable bonds is 1. The molecule has 0 bridgehead atoms. The van der Waals surface area contributed by atoms with Crippen LogP contribution in [0.3, 0.4) is 0 Å². The zero-order valence-corrected chi connectivity index (χ0v) is 13.5. The molecule has 0 radical (unpaired) electrons. The standard InChI is InChI=1S/C20H13F3N2O/c21-20(22,23)18-11-17(24-15-7-3-4-8-16(15)25-18)14-10-9-12-5-1-2-6-13(12)19(14)26/h1-10,26H,11H2. The van der Waals surface area contributed by atoms with Gasteiger partial charge in [0.15, 0.2) is 0 Å². The van der Waals surface area contributed by atoms with E-state index in [4.69, 9.17) is 0 Å². The van der Waals surface area contributed by atoms with Gasteiger partial charge in [0.2, 0.25) is 0 Å². The van der Waals surface area contributed by atoms with E-state index < -0.39 is 18.3 Å².